The van der Waals surface area contributed by atoms with E-state index in [1.54, 1.807) is 0 Å². The fourth-order valence-electron chi connectivity index (χ4n) is 3.23. The number of aliphatic hydroxyl groups excluding tert-OH is 1. The van der Waals surface area contributed by atoms with Crippen LogP contribution in [-0.4, -0.2) is 35.7 Å². The monoisotopic (exact) mass is 262 g/mol. The van der Waals surface area contributed by atoms with E-state index in [0.29, 0.717) is 5.92 Å². The number of rotatable bonds is 4. The van der Waals surface area contributed by atoms with Crippen LogP contribution in [0.4, 0.5) is 0 Å². The molecule has 3 heteroatoms. The van der Waals surface area contributed by atoms with E-state index in [1.165, 1.54) is 11.1 Å². The Morgan fingerprint density at radius 1 is 1.42 bits per heavy atom. The van der Waals surface area contributed by atoms with Crippen molar-refractivity contribution in [1.82, 2.24) is 4.90 Å². The van der Waals surface area contributed by atoms with Gasteiger partial charge in [-0.15, -0.1) is 0 Å². The van der Waals surface area contributed by atoms with E-state index in [0.717, 1.165) is 25.9 Å². The molecule has 106 valence electrons. The summed E-state index contributed by atoms with van der Waals surface area (Å²) < 4.78 is 0. The largest absolute Gasteiger partial charge is 0.396 e. The first-order chi connectivity index (χ1) is 9.13. The van der Waals surface area contributed by atoms with Gasteiger partial charge in [0.1, 0.15) is 0 Å². The first kappa shape index (κ1) is 14.5. The predicted octanol–water partition coefficient (Wildman–Crippen LogP) is 2.09. The molecule has 3 atom stereocenters. The lowest BCUT2D eigenvalue weighted by molar-refractivity contribution is 0.0790. The summed E-state index contributed by atoms with van der Waals surface area (Å²) in [5.41, 5.74) is 8.88. The van der Waals surface area contributed by atoms with Gasteiger partial charge >= 0.3 is 0 Å². The molecule has 1 aliphatic heterocycles. The van der Waals surface area contributed by atoms with E-state index in [2.05, 4.69) is 43.0 Å². The molecule has 1 fully saturated rings. The quantitative estimate of drug-likeness (QED) is 0.873. The van der Waals surface area contributed by atoms with Gasteiger partial charge in [0.2, 0.25) is 0 Å². The second kappa shape index (κ2) is 6.51. The normalized spacial score (nSPS) is 24.1. The lowest BCUT2D eigenvalue weighted by Gasteiger charge is -2.40. The minimum Gasteiger partial charge on any atom is -0.396 e. The molecule has 1 saturated heterocycles. The van der Waals surface area contributed by atoms with Crippen molar-refractivity contribution in [3.8, 4) is 0 Å². The molecule has 19 heavy (non-hydrogen) atoms. The van der Waals surface area contributed by atoms with Crippen molar-refractivity contribution in [2.24, 2.45) is 11.7 Å². The molecule has 1 heterocycles. The van der Waals surface area contributed by atoms with Crippen LogP contribution in [0.5, 0.6) is 0 Å². The number of nitrogens with zero attached hydrogens (tertiary/aromatic N) is 1. The van der Waals surface area contributed by atoms with E-state index in [9.17, 15) is 5.11 Å². The third-order valence-corrected chi connectivity index (χ3v) is 4.21. The van der Waals surface area contributed by atoms with Crippen molar-refractivity contribution in [2.75, 3.05) is 19.7 Å². The zero-order chi connectivity index (χ0) is 13.8. The zero-order valence-corrected chi connectivity index (χ0v) is 12.0. The van der Waals surface area contributed by atoms with Crippen LogP contribution >= 0.6 is 0 Å². The second-order valence-corrected chi connectivity index (χ2v) is 5.85. The molecule has 1 aromatic rings. The fourth-order valence-corrected chi connectivity index (χ4v) is 3.23. The Kier molecular flexibility index (Phi) is 4.97. The maximum Gasteiger partial charge on any atom is 0.0499 e. The molecule has 0 spiro atoms. The number of benzene rings is 1. The number of likely N-dealkylation sites (tertiary alicyclic amines) is 1. The SMILES string of the molecule is Cc1ccccc1C(C(C)N)N1CCCC(CO)C1. The number of hydrogen-bond acceptors (Lipinski definition) is 3. The van der Waals surface area contributed by atoms with E-state index >= 15 is 0 Å². The van der Waals surface area contributed by atoms with Gasteiger partial charge in [0, 0.05) is 25.2 Å². The smallest absolute Gasteiger partial charge is 0.0499 e. The van der Waals surface area contributed by atoms with Crippen molar-refractivity contribution in [1.29, 1.82) is 0 Å². The summed E-state index contributed by atoms with van der Waals surface area (Å²) in [7, 11) is 0. The highest BCUT2D eigenvalue weighted by atomic mass is 16.3. The Morgan fingerprint density at radius 3 is 2.79 bits per heavy atom. The van der Waals surface area contributed by atoms with Gasteiger partial charge in [0.15, 0.2) is 0 Å². The number of aliphatic hydroxyl groups is 1. The summed E-state index contributed by atoms with van der Waals surface area (Å²) in [5.74, 6) is 0.402. The summed E-state index contributed by atoms with van der Waals surface area (Å²) >= 11 is 0. The van der Waals surface area contributed by atoms with Crippen LogP contribution in [0.2, 0.25) is 0 Å². The molecule has 0 bridgehead atoms. The standard InChI is InChI=1S/C16H26N2O/c1-12-6-3-4-8-15(12)16(13(2)17)18-9-5-7-14(10-18)11-19/h3-4,6,8,13-14,16,19H,5,7,9-11,17H2,1-2H3. The van der Waals surface area contributed by atoms with Gasteiger partial charge in [0.25, 0.3) is 0 Å². The summed E-state index contributed by atoms with van der Waals surface area (Å²) in [6.45, 7) is 6.56. The van der Waals surface area contributed by atoms with Gasteiger partial charge in [-0.2, -0.15) is 0 Å². The maximum atomic E-state index is 9.40. The van der Waals surface area contributed by atoms with Crippen LogP contribution in [0.1, 0.15) is 36.9 Å². The predicted molar refractivity (Wildman–Crippen MR) is 79.0 cm³/mol. The van der Waals surface area contributed by atoms with Crippen LogP contribution in [0.25, 0.3) is 0 Å². The number of piperidine rings is 1. The van der Waals surface area contributed by atoms with E-state index in [1.807, 2.05) is 0 Å². The van der Waals surface area contributed by atoms with E-state index < -0.39 is 0 Å². The zero-order valence-electron chi connectivity index (χ0n) is 12.0. The van der Waals surface area contributed by atoms with Gasteiger partial charge in [-0.05, 0) is 50.3 Å². The van der Waals surface area contributed by atoms with E-state index in [-0.39, 0.29) is 18.7 Å². The highest BCUT2D eigenvalue weighted by Crippen LogP contribution is 2.30. The van der Waals surface area contributed by atoms with Crippen molar-refractivity contribution >= 4 is 0 Å². The lowest BCUT2D eigenvalue weighted by atomic mass is 9.91. The summed E-state index contributed by atoms with van der Waals surface area (Å²) in [6.07, 6.45) is 2.28. The molecule has 0 saturated carbocycles. The molecule has 1 aromatic carbocycles. The number of hydrogen-bond donors (Lipinski definition) is 2. The molecule has 0 aliphatic carbocycles. The van der Waals surface area contributed by atoms with Crippen LogP contribution in [0.15, 0.2) is 24.3 Å². The van der Waals surface area contributed by atoms with Gasteiger partial charge in [-0.1, -0.05) is 24.3 Å². The van der Waals surface area contributed by atoms with Crippen molar-refractivity contribution in [3.63, 3.8) is 0 Å². The van der Waals surface area contributed by atoms with Crippen molar-refractivity contribution in [3.05, 3.63) is 35.4 Å². The Hall–Kier alpha value is -0.900. The molecule has 0 amide bonds. The number of nitrogens with two attached hydrogens (primary N) is 1. The van der Waals surface area contributed by atoms with Crippen LogP contribution in [-0.2, 0) is 0 Å². The highest BCUT2D eigenvalue weighted by molar-refractivity contribution is 5.30. The molecule has 3 nitrogen and oxygen atoms in total. The van der Waals surface area contributed by atoms with Crippen LogP contribution in [0.3, 0.4) is 0 Å². The minimum atomic E-state index is 0.0959. The lowest BCUT2D eigenvalue weighted by Crippen LogP contribution is -2.45. The summed E-state index contributed by atoms with van der Waals surface area (Å²) in [5, 5.41) is 9.40. The van der Waals surface area contributed by atoms with Crippen LogP contribution in [0, 0.1) is 12.8 Å². The molecule has 2 rings (SSSR count). The van der Waals surface area contributed by atoms with Gasteiger partial charge in [-0.3, -0.25) is 4.90 Å². The molecule has 3 N–H and O–H groups in total. The maximum absolute atomic E-state index is 9.40. The Bertz CT molecular complexity index is 405. The molecule has 0 radical (unpaired) electrons. The van der Waals surface area contributed by atoms with Gasteiger partial charge < -0.3 is 10.8 Å². The Labute approximate surface area is 116 Å². The molecular formula is C16H26N2O. The minimum absolute atomic E-state index is 0.0959. The third-order valence-electron chi connectivity index (χ3n) is 4.21. The van der Waals surface area contributed by atoms with Crippen LogP contribution < -0.4 is 5.73 Å². The Morgan fingerprint density at radius 2 is 2.16 bits per heavy atom. The Balaban J connectivity index is 2.23. The second-order valence-electron chi connectivity index (χ2n) is 5.85. The highest BCUT2D eigenvalue weighted by Gasteiger charge is 2.29. The average Bonchev–Trinajstić information content (AvgIpc) is 2.41. The molecule has 0 aromatic heterocycles. The molecule has 3 unspecified atom stereocenters. The fraction of sp³-hybridized carbons (Fsp3) is 0.625. The first-order valence-corrected chi connectivity index (χ1v) is 7.29. The van der Waals surface area contributed by atoms with Crippen molar-refractivity contribution < 1.29 is 5.11 Å². The van der Waals surface area contributed by atoms with Gasteiger partial charge in [0.05, 0.1) is 0 Å². The average molecular weight is 262 g/mol. The molecular weight excluding hydrogens is 236 g/mol. The van der Waals surface area contributed by atoms with Gasteiger partial charge in [-0.25, -0.2) is 0 Å². The van der Waals surface area contributed by atoms with Crippen molar-refractivity contribution in [2.45, 2.75) is 38.8 Å². The van der Waals surface area contributed by atoms with E-state index in [4.69, 9.17) is 5.73 Å². The summed E-state index contributed by atoms with van der Waals surface area (Å²) in [4.78, 5) is 2.46. The third kappa shape index (κ3) is 3.35. The summed E-state index contributed by atoms with van der Waals surface area (Å²) in [6, 6.07) is 8.85. The number of aryl methyl sites for hydroxylation is 1. The topological polar surface area (TPSA) is 49.5 Å². The first-order valence-electron chi connectivity index (χ1n) is 7.29. The molecule has 1 aliphatic rings.